The highest BCUT2D eigenvalue weighted by molar-refractivity contribution is 5.76. The van der Waals surface area contributed by atoms with Gasteiger partial charge in [0.25, 0.3) is 0 Å². The topological polar surface area (TPSA) is 52.6 Å². The molecular weight excluding hydrogens is 288 g/mol. The molecule has 2 amide bonds. The average Bonchev–Trinajstić information content (AvgIpc) is 2.57. The summed E-state index contributed by atoms with van der Waals surface area (Å²) >= 11 is 0. The molecule has 2 N–H and O–H groups in total. The number of amides is 2. The van der Waals surface area contributed by atoms with Gasteiger partial charge in [-0.05, 0) is 24.1 Å². The third kappa shape index (κ3) is 5.60. The number of hydrogen-bond acceptors (Lipinski definition) is 2. The lowest BCUT2D eigenvalue weighted by atomic mass is 10.1. The number of benzene rings is 2. The van der Waals surface area contributed by atoms with E-state index in [9.17, 15) is 4.79 Å². The summed E-state index contributed by atoms with van der Waals surface area (Å²) < 4.78 is 0. The van der Waals surface area contributed by atoms with Gasteiger partial charge < -0.3 is 15.3 Å². The Morgan fingerprint density at radius 2 is 1.83 bits per heavy atom. The van der Waals surface area contributed by atoms with Crippen LogP contribution in [0.4, 0.5) is 4.79 Å². The van der Waals surface area contributed by atoms with Crippen LogP contribution in [0.25, 0.3) is 6.08 Å². The third-order valence-corrected chi connectivity index (χ3v) is 3.43. The van der Waals surface area contributed by atoms with E-state index in [-0.39, 0.29) is 12.6 Å². The molecule has 0 aromatic heterocycles. The lowest BCUT2D eigenvalue weighted by Gasteiger charge is -2.21. The van der Waals surface area contributed by atoms with Crippen molar-refractivity contribution >= 4 is 12.1 Å². The van der Waals surface area contributed by atoms with Crippen molar-refractivity contribution in [3.63, 3.8) is 0 Å². The summed E-state index contributed by atoms with van der Waals surface area (Å²) in [6.07, 6.45) is 3.47. The molecule has 0 heterocycles. The van der Waals surface area contributed by atoms with Crippen LogP contribution in [-0.4, -0.2) is 29.2 Å². The number of hydrogen-bond donors (Lipinski definition) is 2. The van der Waals surface area contributed by atoms with Gasteiger partial charge in [0.2, 0.25) is 0 Å². The van der Waals surface area contributed by atoms with Gasteiger partial charge >= 0.3 is 6.03 Å². The molecule has 0 aliphatic rings. The molecular formula is C19H22N2O2. The van der Waals surface area contributed by atoms with Crippen LogP contribution in [0.1, 0.15) is 16.7 Å². The van der Waals surface area contributed by atoms with E-state index in [1.807, 2.05) is 67.6 Å². The lowest BCUT2D eigenvalue weighted by molar-refractivity contribution is 0.177. The molecule has 2 aromatic rings. The summed E-state index contributed by atoms with van der Waals surface area (Å²) in [5.41, 5.74) is 3.24. The van der Waals surface area contributed by atoms with Gasteiger partial charge in [0, 0.05) is 19.3 Å². The van der Waals surface area contributed by atoms with Crippen LogP contribution in [0.5, 0.6) is 0 Å². The molecule has 0 saturated carbocycles. The standard InChI is InChI=1S/C19H22N2O2/c1-16-7-9-17(10-8-16)11-12-20-19(23)21(13-14-22)15-18-5-3-2-4-6-18/h2-12,22H,13-15H2,1H3,(H,20,23)/b12-11+. The van der Waals surface area contributed by atoms with Crippen molar-refractivity contribution in [2.75, 3.05) is 13.2 Å². The average molecular weight is 310 g/mol. The molecule has 2 rings (SSSR count). The van der Waals surface area contributed by atoms with Gasteiger partial charge in [-0.15, -0.1) is 0 Å². The third-order valence-electron chi connectivity index (χ3n) is 3.43. The number of carbonyl (C=O) groups excluding carboxylic acids is 1. The Morgan fingerprint density at radius 1 is 1.13 bits per heavy atom. The van der Waals surface area contributed by atoms with Crippen LogP contribution in [0.3, 0.4) is 0 Å². The number of urea groups is 1. The number of aryl methyl sites for hydroxylation is 1. The van der Waals surface area contributed by atoms with E-state index in [0.717, 1.165) is 11.1 Å². The van der Waals surface area contributed by atoms with E-state index >= 15 is 0 Å². The smallest absolute Gasteiger partial charge is 0.321 e. The molecule has 0 saturated heterocycles. The number of aliphatic hydroxyl groups excluding tert-OH is 1. The normalized spacial score (nSPS) is 10.7. The molecule has 120 valence electrons. The molecule has 4 heteroatoms. The van der Waals surface area contributed by atoms with Gasteiger partial charge in [-0.25, -0.2) is 4.79 Å². The molecule has 0 bridgehead atoms. The minimum absolute atomic E-state index is 0.0675. The van der Waals surface area contributed by atoms with Crippen LogP contribution in [0, 0.1) is 6.92 Å². The van der Waals surface area contributed by atoms with Crippen LogP contribution in [0.2, 0.25) is 0 Å². The van der Waals surface area contributed by atoms with Crippen LogP contribution < -0.4 is 5.32 Å². The van der Waals surface area contributed by atoms with Crippen molar-refractivity contribution in [2.24, 2.45) is 0 Å². The number of rotatable bonds is 6. The first kappa shape index (κ1) is 16.8. The van der Waals surface area contributed by atoms with Gasteiger partial charge in [-0.3, -0.25) is 0 Å². The van der Waals surface area contributed by atoms with Crippen molar-refractivity contribution in [1.29, 1.82) is 0 Å². The molecule has 4 nitrogen and oxygen atoms in total. The molecule has 0 unspecified atom stereocenters. The highest BCUT2D eigenvalue weighted by atomic mass is 16.3. The molecule has 2 aromatic carbocycles. The summed E-state index contributed by atoms with van der Waals surface area (Å²) in [7, 11) is 0. The summed E-state index contributed by atoms with van der Waals surface area (Å²) in [5.74, 6) is 0. The fraction of sp³-hybridized carbons (Fsp3) is 0.211. The number of carbonyl (C=O) groups is 1. The fourth-order valence-corrected chi connectivity index (χ4v) is 2.15. The van der Waals surface area contributed by atoms with Gasteiger partial charge in [0.1, 0.15) is 0 Å². The maximum Gasteiger partial charge on any atom is 0.321 e. The Kier molecular flexibility index (Phi) is 6.39. The van der Waals surface area contributed by atoms with Gasteiger partial charge in [0.15, 0.2) is 0 Å². The second-order valence-electron chi connectivity index (χ2n) is 5.32. The minimum atomic E-state index is -0.230. The van der Waals surface area contributed by atoms with Crippen molar-refractivity contribution in [1.82, 2.24) is 10.2 Å². The maximum absolute atomic E-state index is 12.2. The summed E-state index contributed by atoms with van der Waals surface area (Å²) in [5, 5.41) is 11.9. The van der Waals surface area contributed by atoms with Gasteiger partial charge in [-0.1, -0.05) is 60.2 Å². The Hall–Kier alpha value is -2.59. The zero-order valence-electron chi connectivity index (χ0n) is 13.3. The molecule has 0 aliphatic heterocycles. The Morgan fingerprint density at radius 3 is 2.48 bits per heavy atom. The summed E-state index contributed by atoms with van der Waals surface area (Å²) in [6, 6.07) is 17.5. The van der Waals surface area contributed by atoms with Crippen LogP contribution >= 0.6 is 0 Å². The first-order valence-corrected chi connectivity index (χ1v) is 7.62. The monoisotopic (exact) mass is 310 g/mol. The zero-order valence-corrected chi connectivity index (χ0v) is 13.3. The minimum Gasteiger partial charge on any atom is -0.395 e. The summed E-state index contributed by atoms with van der Waals surface area (Å²) in [6.45, 7) is 2.72. The van der Waals surface area contributed by atoms with Crippen molar-refractivity contribution < 1.29 is 9.90 Å². The largest absolute Gasteiger partial charge is 0.395 e. The van der Waals surface area contributed by atoms with Crippen molar-refractivity contribution in [2.45, 2.75) is 13.5 Å². The van der Waals surface area contributed by atoms with Crippen molar-refractivity contribution in [3.8, 4) is 0 Å². The second-order valence-corrected chi connectivity index (χ2v) is 5.32. The molecule has 0 spiro atoms. The second kappa shape index (κ2) is 8.76. The SMILES string of the molecule is Cc1ccc(/C=C/NC(=O)N(CCO)Cc2ccccc2)cc1. The lowest BCUT2D eigenvalue weighted by Crippen LogP contribution is -2.38. The quantitative estimate of drug-likeness (QED) is 0.861. The van der Waals surface area contributed by atoms with Crippen molar-refractivity contribution in [3.05, 3.63) is 77.5 Å². The highest BCUT2D eigenvalue weighted by Crippen LogP contribution is 2.06. The number of nitrogens with one attached hydrogen (secondary N) is 1. The molecule has 0 atom stereocenters. The number of aliphatic hydroxyl groups is 1. The number of nitrogens with zero attached hydrogens (tertiary/aromatic N) is 1. The van der Waals surface area contributed by atoms with E-state index in [1.54, 1.807) is 11.1 Å². The van der Waals surface area contributed by atoms with Gasteiger partial charge in [0.05, 0.1) is 6.61 Å². The van der Waals surface area contributed by atoms with E-state index in [4.69, 9.17) is 5.11 Å². The highest BCUT2D eigenvalue weighted by Gasteiger charge is 2.11. The Bertz CT molecular complexity index is 636. The predicted molar refractivity (Wildman–Crippen MR) is 92.7 cm³/mol. The first-order chi connectivity index (χ1) is 11.2. The molecule has 0 aliphatic carbocycles. The van der Waals surface area contributed by atoms with E-state index in [2.05, 4.69) is 5.32 Å². The molecule has 0 radical (unpaired) electrons. The fourth-order valence-electron chi connectivity index (χ4n) is 2.15. The first-order valence-electron chi connectivity index (χ1n) is 7.62. The maximum atomic E-state index is 12.2. The molecule has 0 fully saturated rings. The van der Waals surface area contributed by atoms with Crippen LogP contribution in [-0.2, 0) is 6.54 Å². The summed E-state index contributed by atoms with van der Waals surface area (Å²) in [4.78, 5) is 13.8. The van der Waals surface area contributed by atoms with E-state index in [0.29, 0.717) is 13.1 Å². The van der Waals surface area contributed by atoms with E-state index in [1.165, 1.54) is 5.56 Å². The zero-order chi connectivity index (χ0) is 16.5. The predicted octanol–water partition coefficient (Wildman–Crippen LogP) is 3.17. The van der Waals surface area contributed by atoms with E-state index < -0.39 is 0 Å². The Labute approximate surface area is 137 Å². The van der Waals surface area contributed by atoms with Crippen LogP contribution in [0.15, 0.2) is 60.8 Å². The molecule has 23 heavy (non-hydrogen) atoms. The van der Waals surface area contributed by atoms with Gasteiger partial charge in [-0.2, -0.15) is 0 Å². The Balaban J connectivity index is 1.93.